The van der Waals surface area contributed by atoms with Crippen molar-refractivity contribution in [3.63, 3.8) is 0 Å². The SMILES string of the molecule is CC(C)(C)c1ccc(CN(CCOc2ccccc2C(F)(F)F)C(=O)c2cccc3cc[nH]c23)cc1. The molecule has 0 saturated heterocycles. The molecule has 0 fully saturated rings. The van der Waals surface area contributed by atoms with Gasteiger partial charge >= 0.3 is 6.18 Å². The van der Waals surface area contributed by atoms with Crippen LogP contribution >= 0.6 is 0 Å². The summed E-state index contributed by atoms with van der Waals surface area (Å²) in [4.78, 5) is 18.3. The van der Waals surface area contributed by atoms with Crippen LogP contribution in [-0.4, -0.2) is 28.9 Å². The van der Waals surface area contributed by atoms with Crippen molar-refractivity contribution < 1.29 is 22.7 Å². The Morgan fingerprint density at radius 3 is 2.33 bits per heavy atom. The maximum absolute atomic E-state index is 13.6. The molecular weight excluding hydrogens is 465 g/mol. The minimum absolute atomic E-state index is 0.00296. The first-order valence-electron chi connectivity index (χ1n) is 11.8. The molecule has 1 N–H and O–H groups in total. The maximum Gasteiger partial charge on any atom is 0.419 e. The molecule has 0 aliphatic heterocycles. The highest BCUT2D eigenvalue weighted by atomic mass is 19.4. The summed E-state index contributed by atoms with van der Waals surface area (Å²) in [6.45, 7) is 6.72. The molecule has 3 aromatic carbocycles. The molecule has 7 heteroatoms. The zero-order valence-corrected chi connectivity index (χ0v) is 20.5. The van der Waals surface area contributed by atoms with Gasteiger partial charge in [0.1, 0.15) is 12.4 Å². The van der Waals surface area contributed by atoms with Crippen molar-refractivity contribution in [1.82, 2.24) is 9.88 Å². The first-order chi connectivity index (χ1) is 17.0. The summed E-state index contributed by atoms with van der Waals surface area (Å²) in [6, 6.07) is 20.5. The van der Waals surface area contributed by atoms with Gasteiger partial charge in [0.05, 0.1) is 23.2 Å². The number of amides is 1. The van der Waals surface area contributed by atoms with E-state index in [2.05, 4.69) is 25.8 Å². The molecule has 1 heterocycles. The van der Waals surface area contributed by atoms with E-state index in [0.717, 1.165) is 22.5 Å². The van der Waals surface area contributed by atoms with Gasteiger partial charge in [0.15, 0.2) is 0 Å². The van der Waals surface area contributed by atoms with Crippen LogP contribution in [0.5, 0.6) is 5.75 Å². The lowest BCUT2D eigenvalue weighted by atomic mass is 9.87. The van der Waals surface area contributed by atoms with E-state index in [1.54, 1.807) is 17.2 Å². The minimum atomic E-state index is -4.52. The Bertz CT molecular complexity index is 1340. The largest absolute Gasteiger partial charge is 0.491 e. The molecule has 0 atom stereocenters. The van der Waals surface area contributed by atoms with E-state index in [0.29, 0.717) is 12.1 Å². The van der Waals surface area contributed by atoms with E-state index >= 15 is 0 Å². The van der Waals surface area contributed by atoms with Crippen molar-refractivity contribution in [3.05, 3.63) is 101 Å². The number of alkyl halides is 3. The van der Waals surface area contributed by atoms with Crippen molar-refractivity contribution in [3.8, 4) is 5.75 Å². The smallest absolute Gasteiger partial charge is 0.419 e. The summed E-state index contributed by atoms with van der Waals surface area (Å²) in [6.07, 6.45) is -2.75. The molecule has 1 aromatic heterocycles. The molecule has 4 aromatic rings. The molecule has 1 amide bonds. The quantitative estimate of drug-likeness (QED) is 0.295. The molecular formula is C29H29F3N2O2. The van der Waals surface area contributed by atoms with Gasteiger partial charge in [-0.2, -0.15) is 13.2 Å². The summed E-state index contributed by atoms with van der Waals surface area (Å²) in [5.74, 6) is -0.478. The average molecular weight is 495 g/mol. The lowest BCUT2D eigenvalue weighted by Crippen LogP contribution is -2.34. The third-order valence-electron chi connectivity index (χ3n) is 6.11. The molecule has 0 spiro atoms. The Morgan fingerprint density at radius 1 is 0.917 bits per heavy atom. The molecule has 0 saturated carbocycles. The molecule has 0 unspecified atom stereocenters. The summed E-state index contributed by atoms with van der Waals surface area (Å²) < 4.78 is 45.6. The average Bonchev–Trinajstić information content (AvgIpc) is 3.31. The van der Waals surface area contributed by atoms with Crippen LogP contribution in [0, 0.1) is 0 Å². The number of halogens is 3. The van der Waals surface area contributed by atoms with Gasteiger partial charge in [-0.25, -0.2) is 0 Å². The number of aromatic amines is 1. The highest BCUT2D eigenvalue weighted by Crippen LogP contribution is 2.36. The number of hydrogen-bond donors (Lipinski definition) is 1. The second kappa shape index (κ2) is 10.1. The highest BCUT2D eigenvalue weighted by Gasteiger charge is 2.34. The molecule has 188 valence electrons. The zero-order chi connectivity index (χ0) is 25.9. The topological polar surface area (TPSA) is 45.3 Å². The standard InChI is InChI=1S/C29H29F3N2O2/c1-28(2,3)22-13-11-20(12-14-22)19-34(27(35)23-8-6-7-21-15-16-33-26(21)23)17-18-36-25-10-5-4-9-24(25)29(30,31)32/h4-16,33H,17-19H2,1-3H3. The Balaban J connectivity index is 1.58. The predicted molar refractivity (Wildman–Crippen MR) is 135 cm³/mol. The summed E-state index contributed by atoms with van der Waals surface area (Å²) in [5, 5.41) is 0.908. The number of nitrogens with one attached hydrogen (secondary N) is 1. The van der Waals surface area contributed by atoms with Crippen molar-refractivity contribution in [2.24, 2.45) is 0 Å². The third-order valence-corrected chi connectivity index (χ3v) is 6.11. The fraction of sp³-hybridized carbons (Fsp3) is 0.276. The van der Waals surface area contributed by atoms with Crippen LogP contribution in [0.15, 0.2) is 79.0 Å². The number of carbonyl (C=O) groups is 1. The summed E-state index contributed by atoms with van der Waals surface area (Å²) in [7, 11) is 0. The van der Waals surface area contributed by atoms with Crippen LogP contribution in [0.4, 0.5) is 13.2 Å². The van der Waals surface area contributed by atoms with E-state index in [1.807, 2.05) is 42.5 Å². The monoisotopic (exact) mass is 494 g/mol. The predicted octanol–water partition coefficient (Wildman–Crippen LogP) is 7.21. The Morgan fingerprint density at radius 2 is 1.64 bits per heavy atom. The van der Waals surface area contributed by atoms with Gasteiger partial charge in [0.2, 0.25) is 0 Å². The maximum atomic E-state index is 13.6. The van der Waals surface area contributed by atoms with Gasteiger partial charge in [-0.3, -0.25) is 4.79 Å². The van der Waals surface area contributed by atoms with Crippen LogP contribution < -0.4 is 4.74 Å². The zero-order valence-electron chi connectivity index (χ0n) is 20.5. The van der Waals surface area contributed by atoms with Gasteiger partial charge in [-0.05, 0) is 40.8 Å². The van der Waals surface area contributed by atoms with Gasteiger partial charge in [0.25, 0.3) is 5.91 Å². The Hall–Kier alpha value is -3.74. The van der Waals surface area contributed by atoms with E-state index in [-0.39, 0.29) is 30.2 Å². The Labute approximate surface area is 208 Å². The van der Waals surface area contributed by atoms with Crippen LogP contribution in [0.2, 0.25) is 0 Å². The number of H-pyrrole nitrogens is 1. The Kier molecular flexibility index (Phi) is 7.11. The normalized spacial score (nSPS) is 12.1. The van der Waals surface area contributed by atoms with Gasteiger partial charge in [-0.15, -0.1) is 0 Å². The first-order valence-corrected chi connectivity index (χ1v) is 11.8. The number of rotatable bonds is 7. The molecule has 0 radical (unpaired) electrons. The summed E-state index contributed by atoms with van der Waals surface area (Å²) in [5.41, 5.74) is 2.48. The van der Waals surface area contributed by atoms with Crippen molar-refractivity contribution in [2.75, 3.05) is 13.2 Å². The molecule has 4 nitrogen and oxygen atoms in total. The third kappa shape index (κ3) is 5.73. The van der Waals surface area contributed by atoms with Crippen LogP contribution in [0.25, 0.3) is 10.9 Å². The second-order valence-electron chi connectivity index (χ2n) is 9.76. The minimum Gasteiger partial charge on any atom is -0.491 e. The number of fused-ring (bicyclic) bond motifs is 1. The van der Waals surface area contributed by atoms with Gasteiger partial charge < -0.3 is 14.6 Å². The number of benzene rings is 3. The molecule has 0 aliphatic carbocycles. The number of carbonyl (C=O) groups excluding carboxylic acids is 1. The van der Waals surface area contributed by atoms with Gasteiger partial charge in [-0.1, -0.05) is 69.3 Å². The number of nitrogens with zero attached hydrogens (tertiary/aromatic N) is 1. The first kappa shape index (κ1) is 25.4. The second-order valence-corrected chi connectivity index (χ2v) is 9.76. The van der Waals surface area contributed by atoms with E-state index in [1.165, 1.54) is 23.8 Å². The number of hydrogen-bond acceptors (Lipinski definition) is 2. The van der Waals surface area contributed by atoms with Crippen LogP contribution in [-0.2, 0) is 18.1 Å². The molecule has 4 rings (SSSR count). The van der Waals surface area contributed by atoms with Crippen LogP contribution in [0.1, 0.15) is 47.8 Å². The lowest BCUT2D eigenvalue weighted by molar-refractivity contribution is -0.139. The van der Waals surface area contributed by atoms with E-state index in [4.69, 9.17) is 4.74 Å². The van der Waals surface area contributed by atoms with Crippen LogP contribution in [0.3, 0.4) is 0 Å². The van der Waals surface area contributed by atoms with Gasteiger partial charge in [0, 0.05) is 18.1 Å². The number of aromatic nitrogens is 1. The molecule has 36 heavy (non-hydrogen) atoms. The lowest BCUT2D eigenvalue weighted by Gasteiger charge is -2.25. The van der Waals surface area contributed by atoms with E-state index < -0.39 is 11.7 Å². The van der Waals surface area contributed by atoms with E-state index in [9.17, 15) is 18.0 Å². The fourth-order valence-electron chi connectivity index (χ4n) is 4.11. The highest BCUT2D eigenvalue weighted by molar-refractivity contribution is 6.05. The van der Waals surface area contributed by atoms with Crippen molar-refractivity contribution in [2.45, 2.75) is 38.9 Å². The number of para-hydroxylation sites is 2. The molecule has 0 aliphatic rings. The molecule has 0 bridgehead atoms. The van der Waals surface area contributed by atoms with Crippen molar-refractivity contribution >= 4 is 16.8 Å². The number of ether oxygens (including phenoxy) is 1. The fourth-order valence-corrected chi connectivity index (χ4v) is 4.11. The summed E-state index contributed by atoms with van der Waals surface area (Å²) >= 11 is 0. The van der Waals surface area contributed by atoms with Crippen molar-refractivity contribution in [1.29, 1.82) is 0 Å².